The van der Waals surface area contributed by atoms with Gasteiger partial charge in [0.25, 0.3) is 0 Å². The zero-order valence-electron chi connectivity index (χ0n) is 16.1. The molecule has 2 heterocycles. The number of nitrogens with zero attached hydrogens (tertiary/aromatic N) is 4. The van der Waals surface area contributed by atoms with Crippen molar-refractivity contribution in [1.29, 1.82) is 5.26 Å². The van der Waals surface area contributed by atoms with Gasteiger partial charge in [-0.3, -0.25) is 10.1 Å². The van der Waals surface area contributed by atoms with E-state index in [4.69, 9.17) is 21.1 Å². The number of aromatic nitrogens is 3. The number of amides is 1. The van der Waals surface area contributed by atoms with Gasteiger partial charge in [-0.05, 0) is 30.7 Å². The van der Waals surface area contributed by atoms with Gasteiger partial charge in [0.1, 0.15) is 12.9 Å². The van der Waals surface area contributed by atoms with Crippen LogP contribution in [0.25, 0.3) is 0 Å². The van der Waals surface area contributed by atoms with Crippen molar-refractivity contribution in [3.8, 4) is 17.6 Å². The van der Waals surface area contributed by atoms with Crippen molar-refractivity contribution in [3.05, 3.63) is 64.4 Å². The van der Waals surface area contributed by atoms with E-state index in [0.717, 1.165) is 11.1 Å². The van der Waals surface area contributed by atoms with Crippen LogP contribution in [0.4, 0.5) is 5.95 Å². The number of ether oxygens (including phenoxy) is 2. The van der Waals surface area contributed by atoms with E-state index in [9.17, 15) is 10.1 Å². The first-order valence-corrected chi connectivity index (χ1v) is 9.75. The Hall–Kier alpha value is -3.57. The van der Waals surface area contributed by atoms with Crippen LogP contribution in [0.3, 0.4) is 0 Å². The van der Waals surface area contributed by atoms with Crippen molar-refractivity contribution >= 4 is 23.5 Å². The molecule has 30 heavy (non-hydrogen) atoms. The van der Waals surface area contributed by atoms with Crippen molar-refractivity contribution < 1.29 is 14.3 Å². The summed E-state index contributed by atoms with van der Waals surface area (Å²) >= 11 is 6.55. The normalized spacial score (nSPS) is 15.1. The van der Waals surface area contributed by atoms with Gasteiger partial charge >= 0.3 is 0 Å². The molecule has 2 aromatic carbocycles. The second-order valence-electron chi connectivity index (χ2n) is 6.62. The van der Waals surface area contributed by atoms with Crippen molar-refractivity contribution in [3.63, 3.8) is 0 Å². The third-order valence-electron chi connectivity index (χ3n) is 4.72. The Balaban J connectivity index is 1.67. The van der Waals surface area contributed by atoms with Gasteiger partial charge in [-0.15, -0.1) is 0 Å². The molecule has 1 aromatic heterocycles. The SMILES string of the molecule is CCOc1cc([C@@H]2CC(=O)Nc3ncnn32)cc(Cl)c1OCc1ccccc1C#N. The van der Waals surface area contributed by atoms with Crippen LogP contribution in [0, 0.1) is 11.3 Å². The predicted molar refractivity (Wildman–Crippen MR) is 110 cm³/mol. The summed E-state index contributed by atoms with van der Waals surface area (Å²) in [5, 5.41) is 16.5. The number of fused-ring (bicyclic) bond motifs is 1. The molecule has 1 amide bonds. The Bertz CT molecular complexity index is 1140. The standard InChI is InChI=1S/C21H18ClN5O3/c1-2-29-18-8-15(17-9-19(28)26-21-24-12-25-27(17)21)7-16(22)20(18)30-11-14-6-4-3-5-13(14)10-23/h3-8,12,17H,2,9,11H2,1H3,(H,24,25,26,28)/t17-/m0/s1. The van der Waals surface area contributed by atoms with Crippen molar-refractivity contribution in [2.75, 3.05) is 11.9 Å². The molecular weight excluding hydrogens is 406 g/mol. The molecule has 8 nitrogen and oxygen atoms in total. The molecule has 1 aliphatic heterocycles. The zero-order valence-corrected chi connectivity index (χ0v) is 16.9. The molecule has 0 saturated heterocycles. The number of anilines is 1. The van der Waals surface area contributed by atoms with Crippen LogP contribution in [-0.4, -0.2) is 27.3 Å². The third kappa shape index (κ3) is 3.80. The number of hydrogen-bond acceptors (Lipinski definition) is 6. The molecule has 0 saturated carbocycles. The topological polar surface area (TPSA) is 102 Å². The van der Waals surface area contributed by atoms with Crippen LogP contribution in [0.15, 0.2) is 42.7 Å². The fourth-order valence-corrected chi connectivity index (χ4v) is 3.63. The van der Waals surface area contributed by atoms with E-state index in [0.29, 0.717) is 34.6 Å². The first-order chi connectivity index (χ1) is 14.6. The Morgan fingerprint density at radius 3 is 2.97 bits per heavy atom. The van der Waals surface area contributed by atoms with Gasteiger partial charge < -0.3 is 9.47 Å². The summed E-state index contributed by atoms with van der Waals surface area (Å²) in [4.78, 5) is 16.1. The smallest absolute Gasteiger partial charge is 0.229 e. The lowest BCUT2D eigenvalue weighted by Gasteiger charge is -2.25. The molecule has 1 aliphatic rings. The fourth-order valence-electron chi connectivity index (χ4n) is 3.35. The van der Waals surface area contributed by atoms with E-state index in [1.165, 1.54) is 6.33 Å². The highest BCUT2D eigenvalue weighted by atomic mass is 35.5. The number of carbonyl (C=O) groups excluding carboxylic acids is 1. The van der Waals surface area contributed by atoms with Crippen LogP contribution in [0.5, 0.6) is 11.5 Å². The average Bonchev–Trinajstić information content (AvgIpc) is 3.21. The lowest BCUT2D eigenvalue weighted by Crippen LogP contribution is -2.29. The van der Waals surface area contributed by atoms with E-state index in [1.807, 2.05) is 19.1 Å². The van der Waals surface area contributed by atoms with Gasteiger partial charge in [0.05, 0.1) is 35.7 Å². The Morgan fingerprint density at radius 1 is 1.33 bits per heavy atom. The van der Waals surface area contributed by atoms with Gasteiger partial charge in [0.2, 0.25) is 11.9 Å². The predicted octanol–water partition coefficient (Wildman–Crippen LogP) is 3.71. The Kier molecular flexibility index (Phi) is 5.55. The molecule has 9 heteroatoms. The quantitative estimate of drug-likeness (QED) is 0.648. The highest BCUT2D eigenvalue weighted by Gasteiger charge is 2.29. The monoisotopic (exact) mass is 423 g/mol. The average molecular weight is 424 g/mol. The van der Waals surface area contributed by atoms with Crippen LogP contribution in [-0.2, 0) is 11.4 Å². The summed E-state index contributed by atoms with van der Waals surface area (Å²) in [6.45, 7) is 2.44. The zero-order chi connectivity index (χ0) is 21.1. The first kappa shape index (κ1) is 19.7. The van der Waals surface area contributed by atoms with Crippen molar-refractivity contribution in [2.45, 2.75) is 26.0 Å². The van der Waals surface area contributed by atoms with Gasteiger partial charge in [-0.2, -0.15) is 15.3 Å². The van der Waals surface area contributed by atoms with Crippen LogP contribution >= 0.6 is 11.6 Å². The maximum atomic E-state index is 12.1. The lowest BCUT2D eigenvalue weighted by atomic mass is 10.0. The maximum absolute atomic E-state index is 12.1. The second-order valence-corrected chi connectivity index (χ2v) is 7.02. The molecule has 0 unspecified atom stereocenters. The molecule has 0 radical (unpaired) electrons. The highest BCUT2D eigenvalue weighted by molar-refractivity contribution is 6.32. The van der Waals surface area contributed by atoms with Crippen LogP contribution in [0.2, 0.25) is 5.02 Å². The van der Waals surface area contributed by atoms with E-state index in [1.54, 1.807) is 28.9 Å². The Labute approximate surface area is 178 Å². The molecule has 0 bridgehead atoms. The number of carbonyl (C=O) groups is 1. The molecule has 1 N–H and O–H groups in total. The van der Waals surface area contributed by atoms with Crippen molar-refractivity contribution in [2.24, 2.45) is 0 Å². The molecule has 4 rings (SSSR count). The largest absolute Gasteiger partial charge is 0.490 e. The first-order valence-electron chi connectivity index (χ1n) is 9.37. The molecule has 1 atom stereocenters. The number of hydrogen-bond donors (Lipinski definition) is 1. The second kappa shape index (κ2) is 8.43. The molecule has 0 spiro atoms. The van der Waals surface area contributed by atoms with E-state index < -0.39 is 0 Å². The Morgan fingerprint density at radius 2 is 2.17 bits per heavy atom. The minimum atomic E-state index is -0.360. The molecular formula is C21H18ClN5O3. The minimum Gasteiger partial charge on any atom is -0.490 e. The number of nitriles is 1. The molecule has 3 aromatic rings. The van der Waals surface area contributed by atoms with E-state index in [2.05, 4.69) is 21.5 Å². The summed E-state index contributed by atoms with van der Waals surface area (Å²) in [6, 6.07) is 12.5. The summed E-state index contributed by atoms with van der Waals surface area (Å²) in [7, 11) is 0. The minimum absolute atomic E-state index is 0.150. The third-order valence-corrected chi connectivity index (χ3v) is 5.01. The maximum Gasteiger partial charge on any atom is 0.229 e. The number of benzene rings is 2. The molecule has 152 valence electrons. The summed E-state index contributed by atoms with van der Waals surface area (Å²) in [5.74, 6) is 1.08. The number of nitrogens with one attached hydrogen (secondary N) is 1. The lowest BCUT2D eigenvalue weighted by molar-refractivity contribution is -0.117. The highest BCUT2D eigenvalue weighted by Crippen LogP contribution is 2.41. The molecule has 0 aliphatic carbocycles. The van der Waals surface area contributed by atoms with Gasteiger partial charge in [0.15, 0.2) is 11.5 Å². The van der Waals surface area contributed by atoms with Crippen molar-refractivity contribution in [1.82, 2.24) is 14.8 Å². The van der Waals surface area contributed by atoms with Crippen LogP contribution in [0.1, 0.15) is 36.1 Å². The van der Waals surface area contributed by atoms with Gasteiger partial charge in [0, 0.05) is 5.56 Å². The van der Waals surface area contributed by atoms with E-state index >= 15 is 0 Å². The van der Waals surface area contributed by atoms with Gasteiger partial charge in [-0.25, -0.2) is 4.68 Å². The molecule has 0 fully saturated rings. The van der Waals surface area contributed by atoms with E-state index in [-0.39, 0.29) is 25.0 Å². The van der Waals surface area contributed by atoms with Crippen LogP contribution < -0.4 is 14.8 Å². The summed E-state index contributed by atoms with van der Waals surface area (Å²) < 4.78 is 13.4. The number of halogens is 1. The fraction of sp³-hybridized carbons (Fsp3) is 0.238. The summed E-state index contributed by atoms with van der Waals surface area (Å²) in [5.41, 5.74) is 2.05. The van der Waals surface area contributed by atoms with Gasteiger partial charge in [-0.1, -0.05) is 29.8 Å². The summed E-state index contributed by atoms with van der Waals surface area (Å²) in [6.07, 6.45) is 1.59. The number of rotatable bonds is 6.